The zero-order valence-corrected chi connectivity index (χ0v) is 10.9. The van der Waals surface area contributed by atoms with Crippen LogP contribution in [0.2, 0.25) is 0 Å². The summed E-state index contributed by atoms with van der Waals surface area (Å²) in [6.07, 6.45) is -5.05. The van der Waals surface area contributed by atoms with Gasteiger partial charge in [0.15, 0.2) is 22.7 Å². The van der Waals surface area contributed by atoms with E-state index in [0.29, 0.717) is 0 Å². The highest BCUT2D eigenvalue weighted by atomic mass is 19.4. The van der Waals surface area contributed by atoms with Gasteiger partial charge in [0.1, 0.15) is 0 Å². The van der Waals surface area contributed by atoms with E-state index in [4.69, 9.17) is 9.15 Å². The number of fused-ring (bicyclic) bond motifs is 3. The number of benzene rings is 2. The lowest BCUT2D eigenvalue weighted by atomic mass is 10.1. The summed E-state index contributed by atoms with van der Waals surface area (Å²) < 4.78 is 78.1. The Balaban J connectivity index is 2.27. The van der Waals surface area contributed by atoms with Crippen molar-refractivity contribution in [2.75, 3.05) is 7.11 Å². The standard InChI is InChI=1S/C14H7F5O3/c1-20-8-4-2-6-7-3-5-9(22-14(17,18)19)11(16)13(7)21-12(6)10(8)15/h2-5H,1H3. The summed E-state index contributed by atoms with van der Waals surface area (Å²) >= 11 is 0. The molecule has 0 amide bonds. The van der Waals surface area contributed by atoms with Crippen LogP contribution in [0, 0.1) is 11.6 Å². The molecule has 0 N–H and O–H groups in total. The lowest BCUT2D eigenvalue weighted by Crippen LogP contribution is -2.17. The van der Waals surface area contributed by atoms with Gasteiger partial charge < -0.3 is 13.9 Å². The average Bonchev–Trinajstić information content (AvgIpc) is 2.82. The van der Waals surface area contributed by atoms with Crippen LogP contribution < -0.4 is 9.47 Å². The van der Waals surface area contributed by atoms with Gasteiger partial charge in [-0.15, -0.1) is 13.2 Å². The van der Waals surface area contributed by atoms with E-state index in [2.05, 4.69) is 4.74 Å². The molecule has 0 aliphatic rings. The quantitative estimate of drug-likeness (QED) is 0.638. The molecule has 8 heteroatoms. The Hall–Kier alpha value is -2.51. The van der Waals surface area contributed by atoms with E-state index < -0.39 is 29.3 Å². The van der Waals surface area contributed by atoms with Crippen LogP contribution >= 0.6 is 0 Å². The van der Waals surface area contributed by atoms with Crippen LogP contribution in [0.25, 0.3) is 21.9 Å². The first kappa shape index (κ1) is 14.4. The van der Waals surface area contributed by atoms with E-state index in [9.17, 15) is 22.0 Å². The molecule has 0 radical (unpaired) electrons. The molecule has 0 aliphatic heterocycles. The molecule has 1 aromatic heterocycles. The van der Waals surface area contributed by atoms with Crippen molar-refractivity contribution in [3.63, 3.8) is 0 Å². The zero-order valence-electron chi connectivity index (χ0n) is 10.9. The van der Waals surface area contributed by atoms with E-state index >= 15 is 0 Å². The van der Waals surface area contributed by atoms with Crippen molar-refractivity contribution < 1.29 is 35.8 Å². The second-order valence-corrected chi connectivity index (χ2v) is 4.36. The normalized spacial score (nSPS) is 12.1. The minimum absolute atomic E-state index is 0.126. The minimum Gasteiger partial charge on any atom is -0.494 e. The molecule has 116 valence electrons. The summed E-state index contributed by atoms with van der Waals surface area (Å²) in [6.45, 7) is 0. The second kappa shape index (κ2) is 4.75. The van der Waals surface area contributed by atoms with Crippen LogP contribution in [-0.4, -0.2) is 13.5 Å². The highest BCUT2D eigenvalue weighted by Crippen LogP contribution is 2.38. The fraction of sp³-hybridized carbons (Fsp3) is 0.143. The van der Waals surface area contributed by atoms with Gasteiger partial charge in [0.05, 0.1) is 7.11 Å². The first-order chi connectivity index (χ1) is 10.3. The Morgan fingerprint density at radius 1 is 0.864 bits per heavy atom. The van der Waals surface area contributed by atoms with Gasteiger partial charge in [-0.25, -0.2) is 0 Å². The van der Waals surface area contributed by atoms with Gasteiger partial charge in [0, 0.05) is 10.8 Å². The van der Waals surface area contributed by atoms with E-state index in [1.807, 2.05) is 0 Å². The van der Waals surface area contributed by atoms with Crippen molar-refractivity contribution in [1.82, 2.24) is 0 Å². The van der Waals surface area contributed by atoms with E-state index in [0.717, 1.165) is 12.1 Å². The van der Waals surface area contributed by atoms with Crippen molar-refractivity contribution in [3.8, 4) is 11.5 Å². The molecule has 2 aromatic carbocycles. The number of furan rings is 1. The minimum atomic E-state index is -5.05. The maximum atomic E-state index is 14.1. The fourth-order valence-electron chi connectivity index (χ4n) is 2.16. The first-order valence-electron chi connectivity index (χ1n) is 5.95. The third-order valence-electron chi connectivity index (χ3n) is 3.06. The van der Waals surface area contributed by atoms with Gasteiger partial charge in [0.2, 0.25) is 11.6 Å². The molecular formula is C14H7F5O3. The van der Waals surface area contributed by atoms with Crippen LogP contribution in [0.1, 0.15) is 0 Å². The van der Waals surface area contributed by atoms with Crippen LogP contribution in [0.5, 0.6) is 11.5 Å². The largest absolute Gasteiger partial charge is 0.573 e. The Morgan fingerprint density at radius 2 is 1.36 bits per heavy atom. The second-order valence-electron chi connectivity index (χ2n) is 4.36. The third kappa shape index (κ3) is 2.20. The van der Waals surface area contributed by atoms with Crippen molar-refractivity contribution in [2.24, 2.45) is 0 Å². The Kier molecular flexibility index (Phi) is 3.12. The third-order valence-corrected chi connectivity index (χ3v) is 3.06. The van der Waals surface area contributed by atoms with E-state index in [1.54, 1.807) is 0 Å². The van der Waals surface area contributed by atoms with Crippen molar-refractivity contribution in [3.05, 3.63) is 35.9 Å². The number of methoxy groups -OCH3 is 1. The van der Waals surface area contributed by atoms with Crippen molar-refractivity contribution in [2.45, 2.75) is 6.36 Å². The molecule has 0 unspecified atom stereocenters. The maximum Gasteiger partial charge on any atom is 0.573 e. The molecular weight excluding hydrogens is 311 g/mol. The fourth-order valence-corrected chi connectivity index (χ4v) is 2.16. The molecule has 0 spiro atoms. The predicted octanol–water partition coefficient (Wildman–Crippen LogP) is 4.77. The molecule has 3 nitrogen and oxygen atoms in total. The smallest absolute Gasteiger partial charge is 0.494 e. The Labute approximate surface area is 119 Å². The van der Waals surface area contributed by atoms with Crippen LogP contribution in [0.3, 0.4) is 0 Å². The number of rotatable bonds is 2. The summed E-state index contributed by atoms with van der Waals surface area (Å²) in [4.78, 5) is 0. The number of halogens is 5. The first-order valence-corrected chi connectivity index (χ1v) is 5.95. The number of alkyl halides is 3. The molecule has 0 atom stereocenters. The van der Waals surface area contributed by atoms with E-state index in [1.165, 1.54) is 19.2 Å². The zero-order chi connectivity index (χ0) is 16.1. The van der Waals surface area contributed by atoms with Crippen LogP contribution in [0.15, 0.2) is 28.7 Å². The SMILES string of the molecule is COc1ccc2c(oc3c(F)c(OC(F)(F)F)ccc32)c1F. The van der Waals surface area contributed by atoms with Gasteiger partial charge in [-0.1, -0.05) is 0 Å². The summed E-state index contributed by atoms with van der Waals surface area (Å²) in [5, 5.41) is 0.342. The predicted molar refractivity (Wildman–Crippen MR) is 66.9 cm³/mol. The molecule has 0 saturated heterocycles. The molecule has 0 aliphatic carbocycles. The Bertz CT molecular complexity index is 866. The monoisotopic (exact) mass is 318 g/mol. The summed E-state index contributed by atoms with van der Waals surface area (Å²) in [5.74, 6) is -3.40. The van der Waals surface area contributed by atoms with Gasteiger partial charge in [0.25, 0.3) is 0 Å². The highest BCUT2D eigenvalue weighted by molar-refractivity contribution is 6.06. The lowest BCUT2D eigenvalue weighted by molar-refractivity contribution is -0.275. The van der Waals surface area contributed by atoms with Crippen molar-refractivity contribution in [1.29, 1.82) is 0 Å². The van der Waals surface area contributed by atoms with E-state index in [-0.39, 0.29) is 22.1 Å². The Morgan fingerprint density at radius 3 is 1.86 bits per heavy atom. The van der Waals surface area contributed by atoms with Gasteiger partial charge in [-0.05, 0) is 24.3 Å². The molecule has 3 rings (SSSR count). The summed E-state index contributed by atoms with van der Waals surface area (Å²) in [5.41, 5.74) is -0.832. The lowest BCUT2D eigenvalue weighted by Gasteiger charge is -2.09. The van der Waals surface area contributed by atoms with Gasteiger partial charge in [-0.3, -0.25) is 0 Å². The van der Waals surface area contributed by atoms with Crippen molar-refractivity contribution >= 4 is 21.9 Å². The van der Waals surface area contributed by atoms with Crippen LogP contribution in [0.4, 0.5) is 22.0 Å². The van der Waals surface area contributed by atoms with Crippen LogP contribution in [-0.2, 0) is 0 Å². The molecule has 22 heavy (non-hydrogen) atoms. The molecule has 0 saturated carbocycles. The number of ether oxygens (including phenoxy) is 2. The average molecular weight is 318 g/mol. The topological polar surface area (TPSA) is 31.6 Å². The summed E-state index contributed by atoms with van der Waals surface area (Å²) in [6, 6.07) is 4.71. The van der Waals surface area contributed by atoms with Gasteiger partial charge >= 0.3 is 6.36 Å². The maximum absolute atomic E-state index is 14.1. The molecule has 0 fully saturated rings. The summed E-state index contributed by atoms with van der Waals surface area (Å²) in [7, 11) is 1.24. The number of hydrogen-bond donors (Lipinski definition) is 0. The molecule has 0 bridgehead atoms. The molecule has 3 aromatic rings. The highest BCUT2D eigenvalue weighted by Gasteiger charge is 2.33. The van der Waals surface area contributed by atoms with Gasteiger partial charge in [-0.2, -0.15) is 8.78 Å². The molecule has 1 heterocycles. The number of hydrogen-bond acceptors (Lipinski definition) is 3.